The van der Waals surface area contributed by atoms with Crippen molar-refractivity contribution in [1.82, 2.24) is 0 Å². The van der Waals surface area contributed by atoms with E-state index >= 15 is 0 Å². The minimum atomic E-state index is -0.211. The van der Waals surface area contributed by atoms with Crippen LogP contribution >= 0.6 is 0 Å². The number of carbonyl (C=O) groups is 1. The van der Waals surface area contributed by atoms with Gasteiger partial charge in [0.25, 0.3) is 0 Å². The van der Waals surface area contributed by atoms with Gasteiger partial charge in [0.05, 0.1) is 6.10 Å². The second-order valence-corrected chi connectivity index (χ2v) is 2.30. The molecular formula is C7H14O2. The van der Waals surface area contributed by atoms with Gasteiger partial charge in [-0.1, -0.05) is 6.42 Å². The number of hydrogen-bond donors (Lipinski definition) is 1. The quantitative estimate of drug-likeness (QED) is 0.447. The molecule has 2 nitrogen and oxygen atoms in total. The van der Waals surface area contributed by atoms with E-state index in [1.54, 1.807) is 6.92 Å². The number of aliphatic hydroxyl groups is 1. The van der Waals surface area contributed by atoms with Gasteiger partial charge in [-0.05, 0) is 19.8 Å². The molecular weight excluding hydrogens is 116 g/mol. The summed E-state index contributed by atoms with van der Waals surface area (Å²) >= 11 is 0. The molecule has 9 heavy (non-hydrogen) atoms. The van der Waals surface area contributed by atoms with Gasteiger partial charge in [0.2, 0.25) is 0 Å². The van der Waals surface area contributed by atoms with Crippen molar-refractivity contribution in [1.29, 1.82) is 0 Å². The minimum Gasteiger partial charge on any atom is -0.393 e. The highest BCUT2D eigenvalue weighted by Gasteiger charge is 1.93. The lowest BCUT2D eigenvalue weighted by atomic mass is 10.1. The van der Waals surface area contributed by atoms with Crippen molar-refractivity contribution in [3.63, 3.8) is 0 Å². The zero-order valence-electron chi connectivity index (χ0n) is 5.84. The van der Waals surface area contributed by atoms with Gasteiger partial charge in [-0.15, -0.1) is 0 Å². The fourth-order valence-corrected chi connectivity index (χ4v) is 0.667. The summed E-state index contributed by atoms with van der Waals surface area (Å²) in [5.74, 6) is 0. The predicted octanol–water partition coefficient (Wildman–Crippen LogP) is 1.13. The van der Waals surface area contributed by atoms with E-state index in [4.69, 9.17) is 5.11 Å². The highest BCUT2D eigenvalue weighted by atomic mass is 16.3. The normalized spacial score (nSPS) is 13.1. The number of hydrogen-bond acceptors (Lipinski definition) is 2. The molecule has 0 bridgehead atoms. The van der Waals surface area contributed by atoms with Crippen LogP contribution in [0.3, 0.4) is 0 Å². The molecule has 0 aromatic heterocycles. The lowest BCUT2D eigenvalue weighted by molar-refractivity contribution is -0.107. The molecule has 0 aliphatic carbocycles. The van der Waals surface area contributed by atoms with E-state index in [1.165, 1.54) is 0 Å². The number of unbranched alkanes of at least 4 members (excludes halogenated alkanes) is 2. The number of aldehydes is 1. The number of rotatable bonds is 5. The van der Waals surface area contributed by atoms with E-state index in [0.29, 0.717) is 6.42 Å². The lowest BCUT2D eigenvalue weighted by Crippen LogP contribution is -1.98. The zero-order valence-corrected chi connectivity index (χ0v) is 5.84. The van der Waals surface area contributed by atoms with Gasteiger partial charge in [-0.25, -0.2) is 0 Å². The van der Waals surface area contributed by atoms with Gasteiger partial charge in [0.1, 0.15) is 6.29 Å². The monoisotopic (exact) mass is 130 g/mol. The van der Waals surface area contributed by atoms with Crippen LogP contribution in [0.15, 0.2) is 0 Å². The van der Waals surface area contributed by atoms with Crippen LogP contribution in [0.25, 0.3) is 0 Å². The third kappa shape index (κ3) is 7.63. The van der Waals surface area contributed by atoms with E-state index in [9.17, 15) is 4.79 Å². The van der Waals surface area contributed by atoms with Crippen LogP contribution in [0, 0.1) is 0 Å². The van der Waals surface area contributed by atoms with Gasteiger partial charge in [-0.3, -0.25) is 0 Å². The van der Waals surface area contributed by atoms with E-state index < -0.39 is 0 Å². The third-order valence-electron chi connectivity index (χ3n) is 1.19. The Hall–Kier alpha value is -0.370. The van der Waals surface area contributed by atoms with Gasteiger partial charge in [0, 0.05) is 6.42 Å². The Morgan fingerprint density at radius 1 is 1.56 bits per heavy atom. The molecule has 0 radical (unpaired) electrons. The van der Waals surface area contributed by atoms with Crippen molar-refractivity contribution in [2.75, 3.05) is 0 Å². The fourth-order valence-electron chi connectivity index (χ4n) is 0.667. The van der Waals surface area contributed by atoms with Crippen molar-refractivity contribution >= 4 is 6.29 Å². The molecule has 0 saturated heterocycles. The first-order valence-electron chi connectivity index (χ1n) is 3.39. The van der Waals surface area contributed by atoms with Gasteiger partial charge in [-0.2, -0.15) is 0 Å². The molecule has 54 valence electrons. The standard InChI is InChI=1S/C7H14O2/c1-7(9)5-3-2-4-6-8/h6-7,9H,2-5H2,1H3/t7-/m0/s1. The predicted molar refractivity (Wildman–Crippen MR) is 36.2 cm³/mol. The molecule has 0 rings (SSSR count). The smallest absolute Gasteiger partial charge is 0.119 e. The first kappa shape index (κ1) is 8.63. The Kier molecular flexibility index (Phi) is 5.52. The SMILES string of the molecule is C[C@H](O)CCCCC=O. The van der Waals surface area contributed by atoms with Crippen molar-refractivity contribution < 1.29 is 9.90 Å². The molecule has 0 aliphatic rings. The molecule has 0 spiro atoms. The van der Waals surface area contributed by atoms with Gasteiger partial charge >= 0.3 is 0 Å². The van der Waals surface area contributed by atoms with E-state index in [0.717, 1.165) is 25.5 Å². The van der Waals surface area contributed by atoms with Crippen molar-refractivity contribution in [2.45, 2.75) is 38.7 Å². The molecule has 0 saturated carbocycles. The molecule has 0 aliphatic heterocycles. The molecule has 0 heterocycles. The molecule has 1 N–H and O–H groups in total. The Balaban J connectivity index is 2.82. The molecule has 0 unspecified atom stereocenters. The largest absolute Gasteiger partial charge is 0.393 e. The molecule has 1 atom stereocenters. The second-order valence-electron chi connectivity index (χ2n) is 2.30. The summed E-state index contributed by atoms with van der Waals surface area (Å²) in [6.45, 7) is 1.76. The zero-order chi connectivity index (χ0) is 7.11. The van der Waals surface area contributed by atoms with Crippen molar-refractivity contribution in [3.8, 4) is 0 Å². The van der Waals surface area contributed by atoms with Crippen LogP contribution < -0.4 is 0 Å². The highest BCUT2D eigenvalue weighted by Crippen LogP contribution is 2.00. The van der Waals surface area contributed by atoms with E-state index in [1.807, 2.05) is 0 Å². The fraction of sp³-hybridized carbons (Fsp3) is 0.857. The highest BCUT2D eigenvalue weighted by molar-refractivity contribution is 5.48. The van der Waals surface area contributed by atoms with Crippen LogP contribution in [0.1, 0.15) is 32.6 Å². The maximum Gasteiger partial charge on any atom is 0.119 e. The summed E-state index contributed by atoms with van der Waals surface area (Å²) in [5, 5.41) is 8.76. The molecule has 0 fully saturated rings. The molecule has 0 aromatic carbocycles. The van der Waals surface area contributed by atoms with Crippen LogP contribution in [0.5, 0.6) is 0 Å². The van der Waals surface area contributed by atoms with Crippen molar-refractivity contribution in [3.05, 3.63) is 0 Å². The average Bonchev–Trinajstić information content (AvgIpc) is 1.80. The Labute approximate surface area is 55.9 Å². The van der Waals surface area contributed by atoms with Crippen LogP contribution in [0.4, 0.5) is 0 Å². The van der Waals surface area contributed by atoms with Gasteiger partial charge in [0.15, 0.2) is 0 Å². The van der Waals surface area contributed by atoms with Crippen LogP contribution in [-0.2, 0) is 4.79 Å². The Bertz CT molecular complexity index is 69.3. The Morgan fingerprint density at radius 3 is 2.67 bits per heavy atom. The summed E-state index contributed by atoms with van der Waals surface area (Å²) in [6, 6.07) is 0. The summed E-state index contributed by atoms with van der Waals surface area (Å²) in [4.78, 5) is 9.79. The maximum absolute atomic E-state index is 9.79. The van der Waals surface area contributed by atoms with E-state index in [2.05, 4.69) is 0 Å². The molecule has 2 heteroatoms. The summed E-state index contributed by atoms with van der Waals surface area (Å²) < 4.78 is 0. The summed E-state index contributed by atoms with van der Waals surface area (Å²) in [7, 11) is 0. The first-order valence-corrected chi connectivity index (χ1v) is 3.39. The van der Waals surface area contributed by atoms with Crippen molar-refractivity contribution in [2.24, 2.45) is 0 Å². The summed E-state index contributed by atoms with van der Waals surface area (Å²) in [5.41, 5.74) is 0. The second kappa shape index (κ2) is 5.76. The first-order chi connectivity index (χ1) is 4.27. The summed E-state index contributed by atoms with van der Waals surface area (Å²) in [6.07, 6.45) is 4.02. The minimum absolute atomic E-state index is 0.211. The average molecular weight is 130 g/mol. The topological polar surface area (TPSA) is 37.3 Å². The molecule has 0 aromatic rings. The number of carbonyl (C=O) groups excluding carboxylic acids is 1. The lowest BCUT2D eigenvalue weighted by Gasteiger charge is -1.99. The Morgan fingerprint density at radius 2 is 2.22 bits per heavy atom. The van der Waals surface area contributed by atoms with Gasteiger partial charge < -0.3 is 9.90 Å². The maximum atomic E-state index is 9.79. The van der Waals surface area contributed by atoms with E-state index in [-0.39, 0.29) is 6.10 Å². The van der Waals surface area contributed by atoms with Crippen LogP contribution in [0.2, 0.25) is 0 Å². The third-order valence-corrected chi connectivity index (χ3v) is 1.19. The van der Waals surface area contributed by atoms with Crippen LogP contribution in [-0.4, -0.2) is 17.5 Å². The molecule has 0 amide bonds. The number of aliphatic hydroxyl groups excluding tert-OH is 1.